The lowest BCUT2D eigenvalue weighted by atomic mass is 9.98. The standard InChI is InChI=1S/C52H36N2/c1-2-13-37(14-3-1)38-25-31-42(32-26-38)53(43-33-27-40(28-34-43)46-21-12-16-39-15-4-5-17-45(39)46)44-35-29-41(30-36-44)47-18-6-9-22-50(47)54-51-23-10-7-19-48(51)49-20-8-11-24-52(49)54/h1-36H/i1D,2D,3D,4D,5D,6D,7D,8D,9D,10D,11D,12D,13D,14D,15D,16D,17D,18D,19D,20D,21D,22D,23D,24D,25D,26D,27D,28D,29D,30D,31D,32D,33D,34D,35D,36D. The molecule has 9 aromatic carbocycles. The third-order valence-electron chi connectivity index (χ3n) is 7.99. The lowest BCUT2D eigenvalue weighted by Gasteiger charge is -2.26. The Kier molecular flexibility index (Phi) is 2.90. The van der Waals surface area contributed by atoms with Gasteiger partial charge in [0.2, 0.25) is 0 Å². The molecular formula is C52H36N2. The number of fused-ring (bicyclic) bond motifs is 4. The second-order valence-electron chi connectivity index (χ2n) is 11.0. The zero-order chi connectivity index (χ0) is 67.2. The maximum atomic E-state index is 9.82. The lowest BCUT2D eigenvalue weighted by molar-refractivity contribution is 1.18. The molecule has 2 heteroatoms. The van der Waals surface area contributed by atoms with Crippen LogP contribution in [0.4, 0.5) is 17.1 Å². The van der Waals surface area contributed by atoms with Gasteiger partial charge < -0.3 is 9.47 Å². The van der Waals surface area contributed by atoms with Gasteiger partial charge in [-0.15, -0.1) is 0 Å². The van der Waals surface area contributed by atoms with E-state index in [1.54, 1.807) is 0 Å². The van der Waals surface area contributed by atoms with E-state index in [-0.39, 0.29) is 4.90 Å². The summed E-state index contributed by atoms with van der Waals surface area (Å²) in [5.74, 6) is 0. The predicted molar refractivity (Wildman–Crippen MR) is 229 cm³/mol. The zero-order valence-electron chi connectivity index (χ0n) is 62.9. The van der Waals surface area contributed by atoms with E-state index in [4.69, 9.17) is 30.2 Å². The van der Waals surface area contributed by atoms with Crippen LogP contribution in [0.15, 0.2) is 218 Å². The number of rotatable bonds is 7. The number of hydrogen-bond acceptors (Lipinski definition) is 1. The van der Waals surface area contributed by atoms with Crippen molar-refractivity contribution in [3.63, 3.8) is 0 Å². The average molecular weight is 725 g/mol. The summed E-state index contributed by atoms with van der Waals surface area (Å²) in [4.78, 5) is 0.205. The third-order valence-corrected chi connectivity index (χ3v) is 7.99. The van der Waals surface area contributed by atoms with E-state index in [1.807, 2.05) is 0 Å². The maximum absolute atomic E-state index is 9.82. The first-order chi connectivity index (χ1) is 41.8. The van der Waals surface area contributed by atoms with Crippen molar-refractivity contribution in [2.24, 2.45) is 0 Å². The van der Waals surface area contributed by atoms with Gasteiger partial charge in [-0.3, -0.25) is 0 Å². The Hall–Kier alpha value is -7.16. The SMILES string of the molecule is [2H]c1c([2H])c([2H])c(-c2c([2H])c([2H])c(N(c3c([2H])c([2H])c(-c4c([2H])c([2H])c([2H])c([2H])c4-n4c5c([2H])c([2H])c([2H])c([2H])c5c5c([2H])c([2H])c([2H])c([2H])c54)c([2H])c3[2H])c3c([2H])c([2H])c(-c4c([2H])c([2H])c([2H])c5c([2H])c([2H])c([2H])c([2H])c45)c([2H])c3[2H])c([2H])c2[2H])c([2H])c1[2H]. The maximum Gasteiger partial charge on any atom is 0.0645 e. The lowest BCUT2D eigenvalue weighted by Crippen LogP contribution is -2.09. The van der Waals surface area contributed by atoms with Crippen molar-refractivity contribution in [3.8, 4) is 39.1 Å². The Bertz CT molecular complexity index is 4830. The van der Waals surface area contributed by atoms with Gasteiger partial charge in [0.1, 0.15) is 0 Å². The van der Waals surface area contributed by atoms with Crippen molar-refractivity contribution in [1.29, 1.82) is 0 Å². The normalized spacial score (nSPS) is 20.7. The number of anilines is 3. The molecule has 254 valence electrons. The van der Waals surface area contributed by atoms with E-state index in [1.165, 1.54) is 0 Å². The molecular weight excluding hydrogens is 653 g/mol. The molecule has 54 heavy (non-hydrogen) atoms. The molecule has 0 N–H and O–H groups in total. The van der Waals surface area contributed by atoms with Gasteiger partial charge in [0.25, 0.3) is 0 Å². The summed E-state index contributed by atoms with van der Waals surface area (Å²) in [6.45, 7) is 0. The minimum atomic E-state index is -1.44. The predicted octanol–water partition coefficient (Wildman–Crippen LogP) is 14.4. The molecule has 0 radical (unpaired) electrons. The highest BCUT2D eigenvalue weighted by Crippen LogP contribution is 2.40. The van der Waals surface area contributed by atoms with Gasteiger partial charge in [-0.1, -0.05) is 163 Å². The number of nitrogens with zero attached hydrogens (tertiary/aromatic N) is 2. The minimum absolute atomic E-state index is 0.205. The first-order valence-corrected chi connectivity index (χ1v) is 15.6. The molecule has 1 aromatic heterocycles. The van der Waals surface area contributed by atoms with Crippen LogP contribution in [0.25, 0.3) is 71.6 Å². The minimum Gasteiger partial charge on any atom is -0.311 e. The second kappa shape index (κ2) is 13.4. The molecule has 0 saturated carbocycles. The molecule has 0 fully saturated rings. The fraction of sp³-hybridized carbons (Fsp3) is 0. The monoisotopic (exact) mass is 725 g/mol. The van der Waals surface area contributed by atoms with Gasteiger partial charge in [-0.2, -0.15) is 0 Å². The van der Waals surface area contributed by atoms with Crippen LogP contribution in [-0.2, 0) is 0 Å². The highest BCUT2D eigenvalue weighted by atomic mass is 15.1. The molecule has 1 heterocycles. The van der Waals surface area contributed by atoms with Crippen LogP contribution >= 0.6 is 0 Å². The summed E-state index contributed by atoms with van der Waals surface area (Å²) >= 11 is 0. The Labute approximate surface area is 366 Å². The number of para-hydroxylation sites is 3. The van der Waals surface area contributed by atoms with Gasteiger partial charge in [0.15, 0.2) is 0 Å². The van der Waals surface area contributed by atoms with Crippen molar-refractivity contribution in [1.82, 2.24) is 4.57 Å². The van der Waals surface area contributed by atoms with E-state index in [0.29, 0.717) is 4.57 Å². The third kappa shape index (κ3) is 5.53. The molecule has 0 bridgehead atoms. The van der Waals surface area contributed by atoms with Gasteiger partial charge in [0, 0.05) is 33.4 Å². The largest absolute Gasteiger partial charge is 0.311 e. The average Bonchev–Trinajstić information content (AvgIpc) is 1.37. The molecule has 0 aliphatic carbocycles. The summed E-state index contributed by atoms with van der Waals surface area (Å²) in [6.07, 6.45) is 0. The van der Waals surface area contributed by atoms with Crippen molar-refractivity contribution in [3.05, 3.63) is 218 Å². The first kappa shape index (κ1) is 11.7. The molecule has 2 nitrogen and oxygen atoms in total. The molecule has 0 aliphatic rings. The smallest absolute Gasteiger partial charge is 0.0645 e. The van der Waals surface area contributed by atoms with Crippen molar-refractivity contribution < 1.29 is 49.3 Å². The molecule has 0 atom stereocenters. The van der Waals surface area contributed by atoms with Crippen molar-refractivity contribution >= 4 is 49.6 Å². The zero-order valence-corrected chi connectivity index (χ0v) is 26.9. The van der Waals surface area contributed by atoms with E-state index < -0.39 is 306 Å². The van der Waals surface area contributed by atoms with Gasteiger partial charge >= 0.3 is 0 Å². The van der Waals surface area contributed by atoms with Crippen LogP contribution in [0.3, 0.4) is 0 Å². The Morgan fingerprint density at radius 1 is 0.315 bits per heavy atom. The van der Waals surface area contributed by atoms with Crippen LogP contribution in [0.5, 0.6) is 0 Å². The molecule has 0 spiro atoms. The molecule has 10 rings (SSSR count). The fourth-order valence-corrected chi connectivity index (χ4v) is 5.64. The Balaban J connectivity index is 1.40. The van der Waals surface area contributed by atoms with Crippen molar-refractivity contribution in [2.45, 2.75) is 0 Å². The van der Waals surface area contributed by atoms with Crippen LogP contribution < -0.4 is 4.90 Å². The second-order valence-corrected chi connectivity index (χ2v) is 11.0. The highest BCUT2D eigenvalue weighted by molar-refractivity contribution is 6.09. The van der Waals surface area contributed by atoms with E-state index in [0.717, 1.165) is 0 Å². The molecule has 10 aromatic rings. The van der Waals surface area contributed by atoms with E-state index in [2.05, 4.69) is 0 Å². The molecule has 0 unspecified atom stereocenters. The highest BCUT2D eigenvalue weighted by Gasteiger charge is 2.17. The summed E-state index contributed by atoms with van der Waals surface area (Å²) in [6, 6.07) is -40.1. The number of benzene rings is 9. The van der Waals surface area contributed by atoms with Crippen LogP contribution in [-0.4, -0.2) is 4.57 Å². The fourth-order valence-electron chi connectivity index (χ4n) is 5.64. The summed E-state index contributed by atoms with van der Waals surface area (Å²) in [5.41, 5.74) is -12.2. The molecule has 0 amide bonds. The quantitative estimate of drug-likeness (QED) is 0.159. The first-order valence-electron chi connectivity index (χ1n) is 33.6. The van der Waals surface area contributed by atoms with Crippen molar-refractivity contribution in [2.75, 3.05) is 4.90 Å². The number of aromatic nitrogens is 1. The number of hydrogen-bond donors (Lipinski definition) is 0. The van der Waals surface area contributed by atoms with Gasteiger partial charge in [-0.05, 0) is 93.0 Å². The van der Waals surface area contributed by atoms with Crippen LogP contribution in [0.1, 0.15) is 49.3 Å². The van der Waals surface area contributed by atoms with Gasteiger partial charge in [-0.25, -0.2) is 0 Å². The Morgan fingerprint density at radius 3 is 1.37 bits per heavy atom. The van der Waals surface area contributed by atoms with Crippen LogP contribution in [0.2, 0.25) is 0 Å². The van der Waals surface area contributed by atoms with E-state index >= 15 is 0 Å². The van der Waals surface area contributed by atoms with E-state index in [9.17, 15) is 19.2 Å². The molecule has 0 saturated heterocycles. The topological polar surface area (TPSA) is 8.17 Å². The summed E-state index contributed by atoms with van der Waals surface area (Å²) in [7, 11) is 0. The Morgan fingerprint density at radius 2 is 0.741 bits per heavy atom. The summed E-state index contributed by atoms with van der Waals surface area (Å²) in [5, 5.41) is -2.61. The summed E-state index contributed by atoms with van der Waals surface area (Å²) < 4.78 is 325. The van der Waals surface area contributed by atoms with Crippen LogP contribution in [0, 0.1) is 0 Å². The van der Waals surface area contributed by atoms with Gasteiger partial charge in [0.05, 0.1) is 66.1 Å². The molecule has 0 aliphatic heterocycles.